The Morgan fingerprint density at radius 1 is 1.30 bits per heavy atom. The third kappa shape index (κ3) is 6.49. The SMILES string of the molecule is COc1nc(N)nc2c1ncn2C1OC(COP(=O)(N[C@H](C)C(=O)OC(C)C)SC[C@H]2C(=O)N(C)C(=O)N2C)[C@@H](O)[C@@]1(C)O. The Kier molecular flexibility index (Phi) is 9.80. The second-order valence-corrected chi connectivity index (χ2v) is 15.2. The molecular formula is C24H37N8O10PS. The molecule has 2 fully saturated rings. The molecule has 2 aromatic rings. The van der Waals surface area contributed by atoms with Crippen molar-refractivity contribution in [1.82, 2.24) is 34.4 Å². The molecule has 2 aliphatic rings. The second kappa shape index (κ2) is 12.7. The number of nitrogen functional groups attached to an aromatic ring is 1. The zero-order valence-electron chi connectivity index (χ0n) is 25.2. The number of imide groups is 1. The number of methoxy groups -OCH3 is 1. The summed E-state index contributed by atoms with van der Waals surface area (Å²) in [4.78, 5) is 51.9. The minimum Gasteiger partial charge on any atom is -0.479 e. The molecule has 0 aromatic carbocycles. The predicted octanol–water partition coefficient (Wildman–Crippen LogP) is 0.106. The van der Waals surface area contributed by atoms with E-state index in [9.17, 15) is 29.2 Å². The first-order valence-electron chi connectivity index (χ1n) is 13.5. The van der Waals surface area contributed by atoms with Crippen molar-refractivity contribution >= 4 is 53.1 Å². The maximum atomic E-state index is 14.1. The van der Waals surface area contributed by atoms with E-state index in [-0.39, 0.29) is 28.7 Å². The summed E-state index contributed by atoms with van der Waals surface area (Å²) in [5.74, 6) is -1.36. The number of urea groups is 1. The lowest BCUT2D eigenvalue weighted by molar-refractivity contribution is -0.149. The van der Waals surface area contributed by atoms with Gasteiger partial charge in [-0.05, 0) is 27.7 Å². The molecule has 3 amide bonds. The molecule has 0 bridgehead atoms. The summed E-state index contributed by atoms with van der Waals surface area (Å²) in [5, 5.41) is 25.0. The average Bonchev–Trinajstić information content (AvgIpc) is 3.52. The zero-order valence-corrected chi connectivity index (χ0v) is 26.9. The highest BCUT2D eigenvalue weighted by Gasteiger charge is 2.54. The Labute approximate surface area is 256 Å². The molecule has 4 heterocycles. The first-order chi connectivity index (χ1) is 20.5. The number of hydrogen-bond donors (Lipinski definition) is 4. The van der Waals surface area contributed by atoms with Crippen LogP contribution in [-0.4, -0.2) is 127 Å². The number of amides is 3. The number of nitrogens with one attached hydrogen (secondary N) is 1. The molecule has 244 valence electrons. The van der Waals surface area contributed by atoms with Gasteiger partial charge in [0.15, 0.2) is 17.4 Å². The molecule has 4 rings (SSSR count). The van der Waals surface area contributed by atoms with Crippen LogP contribution in [0.5, 0.6) is 5.88 Å². The van der Waals surface area contributed by atoms with E-state index in [1.165, 1.54) is 50.8 Å². The Bertz CT molecular complexity index is 1470. The van der Waals surface area contributed by atoms with Gasteiger partial charge in [0.25, 0.3) is 5.91 Å². The number of hydrogen-bond acceptors (Lipinski definition) is 15. The number of esters is 1. The van der Waals surface area contributed by atoms with Gasteiger partial charge in [0.2, 0.25) is 11.8 Å². The number of likely N-dealkylation sites (N-methyl/N-ethyl adjacent to an activating group) is 2. The summed E-state index contributed by atoms with van der Waals surface area (Å²) in [5.41, 5.74) is 4.28. The van der Waals surface area contributed by atoms with E-state index in [1.807, 2.05) is 0 Å². The number of aromatic nitrogens is 4. The minimum absolute atomic E-state index is 0.0951. The molecule has 20 heteroatoms. The van der Waals surface area contributed by atoms with Crippen molar-refractivity contribution in [3.63, 3.8) is 0 Å². The van der Waals surface area contributed by atoms with Crippen LogP contribution in [0.1, 0.15) is 33.9 Å². The van der Waals surface area contributed by atoms with Crippen molar-refractivity contribution in [2.45, 2.75) is 69.9 Å². The molecule has 0 spiro atoms. The molecule has 2 saturated heterocycles. The van der Waals surface area contributed by atoms with E-state index in [1.54, 1.807) is 13.8 Å². The number of nitrogens with two attached hydrogens (primary N) is 1. The number of nitrogens with zero attached hydrogens (tertiary/aromatic N) is 6. The van der Waals surface area contributed by atoms with Crippen molar-refractivity contribution in [1.29, 1.82) is 0 Å². The topological polar surface area (TPSA) is 234 Å². The molecular weight excluding hydrogens is 623 g/mol. The van der Waals surface area contributed by atoms with E-state index in [4.69, 9.17) is 24.5 Å². The lowest BCUT2D eigenvalue weighted by Gasteiger charge is -2.27. The van der Waals surface area contributed by atoms with Crippen LogP contribution in [0.4, 0.5) is 10.7 Å². The maximum Gasteiger partial charge on any atom is 0.327 e. The van der Waals surface area contributed by atoms with Gasteiger partial charge in [-0.15, -0.1) is 0 Å². The molecule has 0 radical (unpaired) electrons. The van der Waals surface area contributed by atoms with Crippen LogP contribution in [0.2, 0.25) is 0 Å². The minimum atomic E-state index is -4.06. The van der Waals surface area contributed by atoms with Crippen LogP contribution in [0.25, 0.3) is 11.2 Å². The number of fused-ring (bicyclic) bond motifs is 1. The number of aliphatic hydroxyl groups is 2. The number of aliphatic hydroxyl groups excluding tert-OH is 1. The molecule has 3 unspecified atom stereocenters. The molecule has 2 aliphatic heterocycles. The summed E-state index contributed by atoms with van der Waals surface area (Å²) in [6, 6.07) is -2.56. The van der Waals surface area contributed by atoms with E-state index >= 15 is 0 Å². The van der Waals surface area contributed by atoms with Gasteiger partial charge in [-0.2, -0.15) is 9.97 Å². The fourth-order valence-electron chi connectivity index (χ4n) is 4.71. The standard InChI is InChI=1S/C24H37N8O10PS/c1-11(2)41-20(35)12(3)29-43(38,44-9-13-19(34)31(6)23(36)30(13)5)40-8-14-16(33)24(4,37)21(42-14)32-10-26-15-17(32)27-22(25)28-18(15)39-7/h10-14,16,21,33,37H,8-9H2,1-7H3,(H,29,38)(H2,25,27,28)/t12-,13+,14?,16-,21?,24-,43?/m1/s1. The van der Waals surface area contributed by atoms with Crippen LogP contribution in [-0.2, 0) is 28.2 Å². The molecule has 44 heavy (non-hydrogen) atoms. The fourth-order valence-corrected chi connectivity index (χ4v) is 8.68. The summed E-state index contributed by atoms with van der Waals surface area (Å²) in [6.45, 7) is 1.50. The summed E-state index contributed by atoms with van der Waals surface area (Å²) in [7, 11) is 4.16. The molecule has 0 aliphatic carbocycles. The number of rotatable bonds is 12. The number of ether oxygens (including phenoxy) is 3. The van der Waals surface area contributed by atoms with Crippen LogP contribution in [0.15, 0.2) is 6.33 Å². The third-order valence-corrected chi connectivity index (χ3v) is 11.2. The second-order valence-electron chi connectivity index (χ2n) is 10.8. The van der Waals surface area contributed by atoms with Crippen LogP contribution < -0.4 is 15.6 Å². The Morgan fingerprint density at radius 3 is 2.57 bits per heavy atom. The van der Waals surface area contributed by atoms with Crippen molar-refractivity contribution in [3.05, 3.63) is 6.33 Å². The number of imidazole rings is 1. The van der Waals surface area contributed by atoms with Gasteiger partial charge < -0.3 is 39.6 Å². The number of anilines is 1. The lowest BCUT2D eigenvalue weighted by atomic mass is 9.96. The Morgan fingerprint density at radius 2 is 1.98 bits per heavy atom. The molecule has 7 atom stereocenters. The number of carbonyl (C=O) groups excluding carboxylic acids is 3. The molecule has 5 N–H and O–H groups in total. The first kappa shape index (κ1) is 33.8. The normalized spacial score (nSPS) is 27.8. The molecule has 0 saturated carbocycles. The highest BCUT2D eigenvalue weighted by Crippen LogP contribution is 2.57. The van der Waals surface area contributed by atoms with Crippen LogP contribution in [0, 0.1) is 0 Å². The first-order valence-corrected chi connectivity index (χ1v) is 16.7. The lowest BCUT2D eigenvalue weighted by Crippen LogP contribution is -2.44. The molecule has 2 aromatic heterocycles. The Hall–Kier alpha value is -3.06. The van der Waals surface area contributed by atoms with Gasteiger partial charge >= 0.3 is 18.7 Å². The van der Waals surface area contributed by atoms with Gasteiger partial charge in [0.05, 0.1) is 26.1 Å². The van der Waals surface area contributed by atoms with Crippen molar-refractivity contribution in [2.75, 3.05) is 39.3 Å². The fraction of sp³-hybridized carbons (Fsp3) is 0.667. The summed E-state index contributed by atoms with van der Waals surface area (Å²) >= 11 is 0.701. The molecule has 18 nitrogen and oxygen atoms in total. The van der Waals surface area contributed by atoms with Crippen molar-refractivity contribution in [3.8, 4) is 5.88 Å². The summed E-state index contributed by atoms with van der Waals surface area (Å²) in [6.07, 6.45) is -3.16. The highest BCUT2D eigenvalue weighted by atomic mass is 32.7. The van der Waals surface area contributed by atoms with Crippen LogP contribution in [0.3, 0.4) is 0 Å². The summed E-state index contributed by atoms with van der Waals surface area (Å²) < 4.78 is 37.6. The van der Waals surface area contributed by atoms with Crippen molar-refractivity contribution in [2.24, 2.45) is 0 Å². The van der Waals surface area contributed by atoms with Gasteiger partial charge in [0, 0.05) is 19.8 Å². The number of carbonyl (C=O) groups is 3. The zero-order chi connectivity index (χ0) is 32.7. The quantitative estimate of drug-likeness (QED) is 0.134. The van der Waals surface area contributed by atoms with Gasteiger partial charge in [-0.1, -0.05) is 11.4 Å². The van der Waals surface area contributed by atoms with Gasteiger partial charge in [-0.25, -0.2) is 14.9 Å². The van der Waals surface area contributed by atoms with Crippen LogP contribution >= 0.6 is 18.1 Å². The largest absolute Gasteiger partial charge is 0.479 e. The predicted molar refractivity (Wildman–Crippen MR) is 156 cm³/mol. The van der Waals surface area contributed by atoms with E-state index in [2.05, 4.69) is 20.0 Å². The van der Waals surface area contributed by atoms with Crippen molar-refractivity contribution < 1.29 is 47.9 Å². The average molecular weight is 661 g/mol. The third-order valence-electron chi connectivity index (χ3n) is 7.15. The van der Waals surface area contributed by atoms with E-state index in [0.29, 0.717) is 11.4 Å². The van der Waals surface area contributed by atoms with Gasteiger partial charge in [0.1, 0.15) is 29.9 Å². The monoisotopic (exact) mass is 660 g/mol. The van der Waals surface area contributed by atoms with E-state index in [0.717, 1.165) is 4.90 Å². The smallest absolute Gasteiger partial charge is 0.327 e. The van der Waals surface area contributed by atoms with Gasteiger partial charge in [-0.3, -0.25) is 23.6 Å². The van der Waals surface area contributed by atoms with E-state index < -0.39 is 73.5 Å². The highest BCUT2D eigenvalue weighted by molar-refractivity contribution is 8.56. The Balaban J connectivity index is 1.55. The maximum absolute atomic E-state index is 14.1.